The van der Waals surface area contributed by atoms with Gasteiger partial charge in [-0.25, -0.2) is 4.39 Å². The Morgan fingerprint density at radius 1 is 0.972 bits per heavy atom. The summed E-state index contributed by atoms with van der Waals surface area (Å²) in [4.78, 5) is 17.1. The summed E-state index contributed by atoms with van der Waals surface area (Å²) in [7, 11) is 0. The van der Waals surface area contributed by atoms with E-state index >= 15 is 0 Å². The van der Waals surface area contributed by atoms with Gasteiger partial charge in [0.15, 0.2) is 5.84 Å². The maximum atomic E-state index is 14.3. The summed E-state index contributed by atoms with van der Waals surface area (Å²) in [5, 5.41) is 17.3. The van der Waals surface area contributed by atoms with E-state index in [1.165, 1.54) is 16.5 Å². The van der Waals surface area contributed by atoms with Crippen LogP contribution in [0, 0.1) is 25.1 Å². The van der Waals surface area contributed by atoms with Gasteiger partial charge in [0.25, 0.3) is 5.91 Å². The lowest BCUT2D eigenvalue weighted by Crippen LogP contribution is -2.35. The molecule has 6 nitrogen and oxygen atoms in total. The monoisotopic (exact) mass is 493 g/mol. The van der Waals surface area contributed by atoms with Crippen molar-refractivity contribution in [2.75, 3.05) is 0 Å². The molecule has 1 N–H and O–H groups in total. The molecule has 0 saturated carbocycles. The van der Waals surface area contributed by atoms with Gasteiger partial charge in [0.1, 0.15) is 10.9 Å². The first-order valence-corrected chi connectivity index (χ1v) is 12.2. The number of amides is 1. The molecule has 8 heteroatoms. The Balaban J connectivity index is 1.37. The molecule has 3 heterocycles. The molecule has 6 rings (SSSR count). The second-order valence-electron chi connectivity index (χ2n) is 8.60. The van der Waals surface area contributed by atoms with E-state index in [4.69, 9.17) is 5.41 Å². The van der Waals surface area contributed by atoms with E-state index in [-0.39, 0.29) is 16.6 Å². The Kier molecular flexibility index (Phi) is 5.19. The van der Waals surface area contributed by atoms with E-state index in [2.05, 4.69) is 45.0 Å². The number of rotatable bonds is 3. The van der Waals surface area contributed by atoms with E-state index in [9.17, 15) is 9.18 Å². The maximum Gasteiger partial charge on any atom is 0.283 e. The van der Waals surface area contributed by atoms with E-state index in [0.717, 1.165) is 39.8 Å². The average molecular weight is 494 g/mol. The van der Waals surface area contributed by atoms with Crippen LogP contribution in [0.4, 0.5) is 4.39 Å². The molecular formula is C28H20FN5OS. The zero-order valence-electron chi connectivity index (χ0n) is 19.5. The van der Waals surface area contributed by atoms with Crippen LogP contribution in [-0.2, 0) is 4.79 Å². The molecule has 176 valence electrons. The Bertz CT molecular complexity index is 1700. The molecule has 1 amide bonds. The number of halogens is 1. The number of benzene rings is 3. The lowest BCUT2D eigenvalue weighted by atomic mass is 10.1. The van der Waals surface area contributed by atoms with Crippen molar-refractivity contribution in [2.24, 2.45) is 10.1 Å². The van der Waals surface area contributed by atoms with Crippen LogP contribution in [0.2, 0.25) is 0 Å². The second-order valence-corrected chi connectivity index (χ2v) is 9.55. The molecule has 0 radical (unpaired) electrons. The van der Waals surface area contributed by atoms with Crippen LogP contribution in [0.5, 0.6) is 0 Å². The minimum Gasteiger partial charge on any atom is -0.318 e. The van der Waals surface area contributed by atoms with E-state index < -0.39 is 11.7 Å². The molecule has 36 heavy (non-hydrogen) atoms. The van der Waals surface area contributed by atoms with Gasteiger partial charge in [0, 0.05) is 22.6 Å². The molecule has 0 atom stereocenters. The predicted molar refractivity (Wildman–Crippen MR) is 143 cm³/mol. The fraction of sp³-hybridized carbons (Fsp3) is 0.0714. The molecule has 0 unspecified atom stereocenters. The van der Waals surface area contributed by atoms with E-state index in [1.807, 2.05) is 32.0 Å². The second kappa shape index (κ2) is 8.42. The number of thioether (sulfide) groups is 1. The third-order valence-corrected chi connectivity index (χ3v) is 7.26. The third kappa shape index (κ3) is 3.58. The summed E-state index contributed by atoms with van der Waals surface area (Å²) in [6.45, 7) is 4.00. The van der Waals surface area contributed by atoms with Crippen molar-refractivity contribution in [3.63, 3.8) is 0 Å². The molecule has 3 aromatic carbocycles. The van der Waals surface area contributed by atoms with Crippen LogP contribution in [0.15, 0.2) is 88.5 Å². The lowest BCUT2D eigenvalue weighted by molar-refractivity contribution is -0.114. The standard InChI is InChI=1S/C28H20FN5OS/c1-16-13-20(17(2)33(16)21-12-11-18-7-3-4-8-19(18)14-21)15-23-25(30)34-28(31-26(23)35)36-27(32-34)22-9-5-6-10-24(22)29/h3-15,30H,1-2H3/b23-15+,30-25?. The van der Waals surface area contributed by atoms with Crippen molar-refractivity contribution in [2.45, 2.75) is 13.8 Å². The van der Waals surface area contributed by atoms with Crippen LogP contribution in [0.25, 0.3) is 22.5 Å². The highest BCUT2D eigenvalue weighted by Gasteiger charge is 2.36. The van der Waals surface area contributed by atoms with Crippen molar-refractivity contribution in [1.29, 1.82) is 5.41 Å². The van der Waals surface area contributed by atoms with Crippen LogP contribution >= 0.6 is 11.8 Å². The van der Waals surface area contributed by atoms with Crippen LogP contribution in [0.3, 0.4) is 0 Å². The molecule has 0 bridgehead atoms. The number of hydrogen-bond acceptors (Lipinski definition) is 4. The Labute approximate surface area is 211 Å². The summed E-state index contributed by atoms with van der Waals surface area (Å²) in [5.41, 5.74) is 4.23. The zero-order chi connectivity index (χ0) is 25.0. The van der Waals surface area contributed by atoms with Gasteiger partial charge in [-0.3, -0.25) is 10.2 Å². The highest BCUT2D eigenvalue weighted by atomic mass is 32.2. The smallest absolute Gasteiger partial charge is 0.283 e. The first-order valence-electron chi connectivity index (χ1n) is 11.3. The number of carbonyl (C=O) groups is 1. The van der Waals surface area contributed by atoms with Crippen molar-refractivity contribution in [1.82, 2.24) is 9.58 Å². The molecule has 0 aliphatic carbocycles. The minimum absolute atomic E-state index is 0.0839. The van der Waals surface area contributed by atoms with Crippen molar-refractivity contribution in [3.05, 3.63) is 107 Å². The van der Waals surface area contributed by atoms with Gasteiger partial charge >= 0.3 is 0 Å². The summed E-state index contributed by atoms with van der Waals surface area (Å²) < 4.78 is 16.4. The SMILES string of the molecule is Cc1cc(/C=C2\C(=N)N3N=C(c4ccccc4F)SC3=NC2=O)c(C)n1-c1ccc2ccccc2c1. The van der Waals surface area contributed by atoms with Crippen LogP contribution in [-0.4, -0.2) is 31.5 Å². The molecule has 0 spiro atoms. The first-order chi connectivity index (χ1) is 17.4. The molecule has 0 fully saturated rings. The highest BCUT2D eigenvalue weighted by molar-refractivity contribution is 8.27. The zero-order valence-corrected chi connectivity index (χ0v) is 20.3. The van der Waals surface area contributed by atoms with Crippen molar-refractivity contribution < 1.29 is 9.18 Å². The lowest BCUT2D eigenvalue weighted by Gasteiger charge is -2.20. The molecular weight excluding hydrogens is 473 g/mol. The number of hydrazone groups is 1. The summed E-state index contributed by atoms with van der Waals surface area (Å²) in [6, 6.07) is 22.8. The number of aliphatic imine (C=N–C) groups is 1. The number of aryl methyl sites for hydroxylation is 1. The minimum atomic E-state index is -0.515. The number of aromatic nitrogens is 1. The highest BCUT2D eigenvalue weighted by Crippen LogP contribution is 2.32. The topological polar surface area (TPSA) is 73.8 Å². The Hall–Kier alpha value is -4.30. The Morgan fingerprint density at radius 2 is 1.72 bits per heavy atom. The molecule has 2 aliphatic heterocycles. The largest absolute Gasteiger partial charge is 0.318 e. The summed E-state index contributed by atoms with van der Waals surface area (Å²) >= 11 is 1.08. The quantitative estimate of drug-likeness (QED) is 0.353. The van der Waals surface area contributed by atoms with Crippen molar-refractivity contribution >= 4 is 50.6 Å². The number of fused-ring (bicyclic) bond motifs is 2. The van der Waals surface area contributed by atoms with Crippen molar-refractivity contribution in [3.8, 4) is 5.69 Å². The number of amidine groups is 2. The number of hydrogen-bond donors (Lipinski definition) is 1. The van der Waals surface area contributed by atoms with Gasteiger partial charge < -0.3 is 4.57 Å². The summed E-state index contributed by atoms with van der Waals surface area (Å²) in [6.07, 6.45) is 1.69. The number of nitrogens with zero attached hydrogens (tertiary/aromatic N) is 4. The molecule has 2 aliphatic rings. The fourth-order valence-electron chi connectivity index (χ4n) is 4.54. The predicted octanol–water partition coefficient (Wildman–Crippen LogP) is 6.05. The summed E-state index contributed by atoms with van der Waals surface area (Å²) in [5.74, 6) is -1.02. The van der Waals surface area contributed by atoms with Gasteiger partial charge in [-0.2, -0.15) is 15.1 Å². The van der Waals surface area contributed by atoms with E-state index in [1.54, 1.807) is 24.3 Å². The molecule has 4 aromatic rings. The third-order valence-electron chi connectivity index (χ3n) is 6.32. The fourth-order valence-corrected chi connectivity index (χ4v) is 5.46. The maximum absolute atomic E-state index is 14.3. The van der Waals surface area contributed by atoms with Gasteiger partial charge in [-0.1, -0.05) is 42.5 Å². The average Bonchev–Trinajstić information content (AvgIpc) is 3.41. The number of carbonyl (C=O) groups excluding carboxylic acids is 1. The molecule has 1 aromatic heterocycles. The Morgan fingerprint density at radius 3 is 2.53 bits per heavy atom. The first kappa shape index (κ1) is 22.2. The van der Waals surface area contributed by atoms with Crippen LogP contribution < -0.4 is 0 Å². The normalized spacial score (nSPS) is 16.5. The van der Waals surface area contributed by atoms with Gasteiger partial charge in [0.05, 0.1) is 5.57 Å². The van der Waals surface area contributed by atoms with Gasteiger partial charge in [0.2, 0.25) is 5.17 Å². The van der Waals surface area contributed by atoms with Gasteiger partial charge in [-0.05, 0) is 78.4 Å². The van der Waals surface area contributed by atoms with Gasteiger partial charge in [-0.15, -0.1) is 0 Å². The van der Waals surface area contributed by atoms with E-state index in [0.29, 0.717) is 10.6 Å². The van der Waals surface area contributed by atoms with Crippen LogP contribution in [0.1, 0.15) is 22.5 Å². The molecule has 0 saturated heterocycles. The number of nitrogens with one attached hydrogen (secondary N) is 1.